The zero-order valence-corrected chi connectivity index (χ0v) is 15.3. The molecule has 0 saturated carbocycles. The molecule has 1 aliphatic heterocycles. The largest absolute Gasteiger partial charge is 0.479 e. The van der Waals surface area contributed by atoms with Gasteiger partial charge in [-0.15, -0.1) is 0 Å². The molecule has 7 nitrogen and oxygen atoms in total. The van der Waals surface area contributed by atoms with Gasteiger partial charge >= 0.3 is 5.97 Å². The molecule has 1 saturated heterocycles. The third-order valence-electron chi connectivity index (χ3n) is 5.10. The summed E-state index contributed by atoms with van der Waals surface area (Å²) in [6.07, 6.45) is 1.35. The van der Waals surface area contributed by atoms with Crippen molar-refractivity contribution in [2.45, 2.75) is 25.6 Å². The average molecular weight is 382 g/mol. The van der Waals surface area contributed by atoms with Crippen molar-refractivity contribution in [2.24, 2.45) is 0 Å². The number of hydrogen-bond acceptors (Lipinski definition) is 4. The van der Waals surface area contributed by atoms with Crippen molar-refractivity contribution in [3.63, 3.8) is 0 Å². The van der Waals surface area contributed by atoms with Crippen molar-refractivity contribution in [3.05, 3.63) is 48.2 Å². The van der Waals surface area contributed by atoms with Crippen LogP contribution in [0.15, 0.2) is 42.6 Å². The predicted octanol–water partition coefficient (Wildman–Crippen LogP) is 2.76. The molecule has 1 fully saturated rings. The van der Waals surface area contributed by atoms with E-state index in [9.17, 15) is 14.0 Å². The summed E-state index contributed by atoms with van der Waals surface area (Å²) in [6, 6.07) is 11.1. The molecule has 0 spiro atoms. The topological polar surface area (TPSA) is 88.3 Å². The number of likely N-dealkylation sites (tertiary alicyclic amines) is 1. The van der Waals surface area contributed by atoms with Crippen molar-refractivity contribution < 1.29 is 19.1 Å². The van der Waals surface area contributed by atoms with Gasteiger partial charge in [-0.2, -0.15) is 5.10 Å². The Morgan fingerprint density at radius 3 is 2.68 bits per heavy atom. The number of hydrogen-bond donors (Lipinski definition) is 1. The zero-order chi connectivity index (χ0) is 19.9. The Bertz CT molecular complexity index is 1070. The van der Waals surface area contributed by atoms with Crippen LogP contribution in [-0.4, -0.2) is 55.4 Å². The molecule has 28 heavy (non-hydrogen) atoms. The molecule has 1 unspecified atom stereocenters. The summed E-state index contributed by atoms with van der Waals surface area (Å²) >= 11 is 0. The molecule has 1 atom stereocenters. The van der Waals surface area contributed by atoms with E-state index in [0.29, 0.717) is 28.8 Å². The van der Waals surface area contributed by atoms with Crippen LogP contribution in [0.3, 0.4) is 0 Å². The zero-order valence-electron chi connectivity index (χ0n) is 15.3. The van der Waals surface area contributed by atoms with Gasteiger partial charge in [0.1, 0.15) is 0 Å². The van der Waals surface area contributed by atoms with Crippen molar-refractivity contribution >= 4 is 22.9 Å². The van der Waals surface area contributed by atoms with Crippen molar-refractivity contribution in [2.75, 3.05) is 13.1 Å². The number of rotatable bonds is 4. The molecule has 1 N–H and O–H groups in total. The molecule has 0 bridgehead atoms. The number of aromatic nitrogens is 3. The van der Waals surface area contributed by atoms with Crippen LogP contribution < -0.4 is 0 Å². The maximum atomic E-state index is 14.5. The van der Waals surface area contributed by atoms with E-state index in [2.05, 4.69) is 10.1 Å². The number of aliphatic carboxylic acids is 1. The molecule has 1 aromatic carbocycles. The highest BCUT2D eigenvalue weighted by Crippen LogP contribution is 2.30. The van der Waals surface area contributed by atoms with Gasteiger partial charge in [-0.25, -0.2) is 18.9 Å². The van der Waals surface area contributed by atoms with Gasteiger partial charge in [-0.3, -0.25) is 4.79 Å². The van der Waals surface area contributed by atoms with Crippen molar-refractivity contribution in [3.8, 4) is 11.3 Å². The quantitative estimate of drug-likeness (QED) is 0.750. The number of fused-ring (bicyclic) bond motifs is 1. The Kier molecular flexibility index (Phi) is 4.33. The molecule has 144 valence electrons. The van der Waals surface area contributed by atoms with Gasteiger partial charge in [-0.1, -0.05) is 30.3 Å². The number of amides is 1. The van der Waals surface area contributed by atoms with E-state index in [1.54, 1.807) is 16.9 Å². The fourth-order valence-corrected chi connectivity index (χ4v) is 3.50. The number of aryl methyl sites for hydroxylation is 1. The summed E-state index contributed by atoms with van der Waals surface area (Å²) in [5.74, 6) is -1.95. The molecule has 3 heterocycles. The molecule has 0 radical (unpaired) electrons. The minimum Gasteiger partial charge on any atom is -0.479 e. The number of carbonyl (C=O) groups excluding carboxylic acids is 1. The first kappa shape index (κ1) is 18.1. The Hall–Kier alpha value is -3.29. The Morgan fingerprint density at radius 1 is 1.29 bits per heavy atom. The smallest absolute Gasteiger partial charge is 0.343 e. The standard InChI is InChI=1S/C20H19FN4O3/c1-2-25-17-15(11-22-25)14(10-16(23-17)13-6-4-3-5-7-13)18(26)24-9-8-20(21,12-24)19(27)28/h3-7,10-11H,2,8-9,12H2,1H3,(H,27,28). The van der Waals surface area contributed by atoms with E-state index in [1.165, 1.54) is 4.90 Å². The maximum absolute atomic E-state index is 14.5. The van der Waals surface area contributed by atoms with Crippen LogP contribution in [0, 0.1) is 0 Å². The number of carboxylic acid groups (broad SMARTS) is 1. The van der Waals surface area contributed by atoms with Gasteiger partial charge in [0.25, 0.3) is 5.91 Å². The van der Waals surface area contributed by atoms with Crippen LogP contribution >= 0.6 is 0 Å². The lowest BCUT2D eigenvalue weighted by molar-refractivity contribution is -0.149. The minimum atomic E-state index is -2.41. The third kappa shape index (κ3) is 2.90. The van der Waals surface area contributed by atoms with Crippen LogP contribution in [0.5, 0.6) is 0 Å². The lowest BCUT2D eigenvalue weighted by atomic mass is 10.1. The van der Waals surface area contributed by atoms with Gasteiger partial charge in [-0.05, 0) is 13.0 Å². The highest BCUT2D eigenvalue weighted by Gasteiger charge is 2.47. The first-order valence-electron chi connectivity index (χ1n) is 9.06. The number of nitrogens with zero attached hydrogens (tertiary/aromatic N) is 4. The summed E-state index contributed by atoms with van der Waals surface area (Å²) in [5, 5.41) is 14.0. The second kappa shape index (κ2) is 6.70. The van der Waals surface area contributed by atoms with Crippen LogP contribution in [0.4, 0.5) is 4.39 Å². The molecule has 3 aromatic rings. The van der Waals surface area contributed by atoms with E-state index < -0.39 is 24.1 Å². The SMILES string of the molecule is CCn1ncc2c(C(=O)N3CCC(F)(C(=O)O)C3)cc(-c3ccccc3)nc21. The minimum absolute atomic E-state index is 0.0496. The second-order valence-electron chi connectivity index (χ2n) is 6.87. The molecule has 0 aliphatic carbocycles. The van der Waals surface area contributed by atoms with Gasteiger partial charge in [0.15, 0.2) is 5.65 Å². The molecule has 2 aromatic heterocycles. The average Bonchev–Trinajstić information content (AvgIpc) is 3.31. The highest BCUT2D eigenvalue weighted by atomic mass is 19.1. The first-order chi connectivity index (χ1) is 13.4. The van der Waals surface area contributed by atoms with Crippen LogP contribution in [0.25, 0.3) is 22.3 Å². The maximum Gasteiger partial charge on any atom is 0.343 e. The van der Waals surface area contributed by atoms with Gasteiger partial charge in [0.05, 0.1) is 29.4 Å². The van der Waals surface area contributed by atoms with E-state index in [-0.39, 0.29) is 13.0 Å². The van der Waals surface area contributed by atoms with Crippen LogP contribution in [0.2, 0.25) is 0 Å². The number of pyridine rings is 1. The van der Waals surface area contributed by atoms with E-state index in [0.717, 1.165) is 5.56 Å². The molecular weight excluding hydrogens is 363 g/mol. The lowest BCUT2D eigenvalue weighted by Crippen LogP contribution is -2.39. The Labute approximate surface area is 160 Å². The van der Waals surface area contributed by atoms with E-state index >= 15 is 0 Å². The lowest BCUT2D eigenvalue weighted by Gasteiger charge is -2.18. The summed E-state index contributed by atoms with van der Waals surface area (Å²) < 4.78 is 16.1. The predicted molar refractivity (Wildman–Crippen MR) is 101 cm³/mol. The van der Waals surface area contributed by atoms with E-state index in [1.807, 2.05) is 37.3 Å². The van der Waals surface area contributed by atoms with Crippen molar-refractivity contribution in [1.29, 1.82) is 0 Å². The number of carbonyl (C=O) groups is 2. The van der Waals surface area contributed by atoms with Crippen LogP contribution in [0.1, 0.15) is 23.7 Å². The summed E-state index contributed by atoms with van der Waals surface area (Å²) in [5.41, 5.74) is -0.0449. The fourth-order valence-electron chi connectivity index (χ4n) is 3.50. The highest BCUT2D eigenvalue weighted by molar-refractivity contribution is 6.06. The number of carboxylic acids is 1. The third-order valence-corrected chi connectivity index (χ3v) is 5.10. The number of halogens is 1. The first-order valence-corrected chi connectivity index (χ1v) is 9.06. The molecular formula is C20H19FN4O3. The van der Waals surface area contributed by atoms with Crippen molar-refractivity contribution in [1.82, 2.24) is 19.7 Å². The van der Waals surface area contributed by atoms with Crippen LogP contribution in [-0.2, 0) is 11.3 Å². The molecule has 8 heteroatoms. The van der Waals surface area contributed by atoms with E-state index in [4.69, 9.17) is 5.11 Å². The second-order valence-corrected chi connectivity index (χ2v) is 6.87. The Morgan fingerprint density at radius 2 is 2.04 bits per heavy atom. The normalized spacial score (nSPS) is 19.3. The Balaban J connectivity index is 1.81. The summed E-state index contributed by atoms with van der Waals surface area (Å²) in [7, 11) is 0. The molecule has 1 amide bonds. The van der Waals surface area contributed by atoms with Gasteiger partial charge in [0, 0.05) is 25.1 Å². The molecule has 4 rings (SSSR count). The fraction of sp³-hybridized carbons (Fsp3) is 0.300. The van der Waals surface area contributed by atoms with Gasteiger partial charge < -0.3 is 10.0 Å². The molecule has 1 aliphatic rings. The summed E-state index contributed by atoms with van der Waals surface area (Å²) in [6.45, 7) is 2.09. The number of alkyl halides is 1. The number of benzene rings is 1. The van der Waals surface area contributed by atoms with Gasteiger partial charge in [0.2, 0.25) is 5.67 Å². The monoisotopic (exact) mass is 382 g/mol. The summed E-state index contributed by atoms with van der Waals surface area (Å²) in [4.78, 5) is 30.3.